The Morgan fingerprint density at radius 1 is 0.639 bits per heavy atom. The standard InChI is InChI=1S/C29H17N3O4/c33-28(34)21-11-13-31-25(15-21)27-17-22(29(35)36)16-26(32-27)24-14-18(10-12-30-24)8-9-20-6-3-5-19-4-1-2-7-23(19)20/h1-7,10-17H,(H,33,34)(H,35,36). The summed E-state index contributed by atoms with van der Waals surface area (Å²) in [4.78, 5) is 36.2. The first kappa shape index (κ1) is 22.4. The lowest BCUT2D eigenvalue weighted by molar-refractivity contribution is 0.0686. The van der Waals surface area contributed by atoms with Gasteiger partial charge < -0.3 is 10.2 Å². The van der Waals surface area contributed by atoms with Crippen molar-refractivity contribution in [2.45, 2.75) is 0 Å². The number of pyridine rings is 3. The van der Waals surface area contributed by atoms with Crippen LogP contribution < -0.4 is 0 Å². The lowest BCUT2D eigenvalue weighted by Gasteiger charge is -2.07. The summed E-state index contributed by atoms with van der Waals surface area (Å²) in [6, 6.07) is 22.9. The molecule has 0 aliphatic heterocycles. The third-order valence-electron chi connectivity index (χ3n) is 5.50. The van der Waals surface area contributed by atoms with Gasteiger partial charge in [-0.15, -0.1) is 0 Å². The van der Waals surface area contributed by atoms with E-state index in [0.717, 1.165) is 16.3 Å². The van der Waals surface area contributed by atoms with E-state index < -0.39 is 11.9 Å². The van der Waals surface area contributed by atoms with E-state index in [1.807, 2.05) is 42.5 Å². The normalized spacial score (nSPS) is 10.4. The number of benzene rings is 2. The molecule has 0 aliphatic rings. The van der Waals surface area contributed by atoms with E-state index in [1.54, 1.807) is 18.3 Å². The molecule has 0 saturated heterocycles. The molecule has 0 unspecified atom stereocenters. The number of hydrogen-bond acceptors (Lipinski definition) is 5. The van der Waals surface area contributed by atoms with Gasteiger partial charge in [0.25, 0.3) is 0 Å². The molecule has 0 radical (unpaired) electrons. The number of aromatic carboxylic acids is 2. The molecular formula is C29H17N3O4. The maximum atomic E-state index is 11.8. The van der Waals surface area contributed by atoms with E-state index in [-0.39, 0.29) is 22.5 Å². The molecule has 5 aromatic rings. The summed E-state index contributed by atoms with van der Waals surface area (Å²) < 4.78 is 0. The summed E-state index contributed by atoms with van der Waals surface area (Å²) in [5.41, 5.74) is 2.78. The van der Waals surface area contributed by atoms with Crippen LogP contribution >= 0.6 is 0 Å². The fourth-order valence-electron chi connectivity index (χ4n) is 3.74. The molecule has 3 aromatic heterocycles. The largest absolute Gasteiger partial charge is 0.478 e. The van der Waals surface area contributed by atoms with Crippen LogP contribution in [0.25, 0.3) is 33.5 Å². The molecule has 0 atom stereocenters. The van der Waals surface area contributed by atoms with E-state index in [4.69, 9.17) is 0 Å². The van der Waals surface area contributed by atoms with Gasteiger partial charge in [-0.3, -0.25) is 9.97 Å². The summed E-state index contributed by atoms with van der Waals surface area (Å²) in [6.07, 6.45) is 2.93. The summed E-state index contributed by atoms with van der Waals surface area (Å²) >= 11 is 0. The van der Waals surface area contributed by atoms with Gasteiger partial charge in [-0.25, -0.2) is 14.6 Å². The van der Waals surface area contributed by atoms with Gasteiger partial charge in [0.2, 0.25) is 0 Å². The van der Waals surface area contributed by atoms with E-state index in [0.29, 0.717) is 17.0 Å². The zero-order chi connectivity index (χ0) is 25.1. The number of nitrogens with zero attached hydrogens (tertiary/aromatic N) is 3. The molecule has 3 heterocycles. The van der Waals surface area contributed by atoms with E-state index in [9.17, 15) is 19.8 Å². The third kappa shape index (κ3) is 4.65. The summed E-state index contributed by atoms with van der Waals surface area (Å²) in [7, 11) is 0. The number of aromatic nitrogens is 3. The van der Waals surface area contributed by atoms with Crippen LogP contribution in [-0.4, -0.2) is 37.1 Å². The molecule has 0 spiro atoms. The Morgan fingerprint density at radius 2 is 1.28 bits per heavy atom. The first-order chi connectivity index (χ1) is 17.5. The Bertz CT molecular complexity index is 1710. The highest BCUT2D eigenvalue weighted by atomic mass is 16.4. The van der Waals surface area contributed by atoms with Crippen molar-refractivity contribution in [3.05, 3.63) is 114 Å². The fourth-order valence-corrected chi connectivity index (χ4v) is 3.74. The smallest absolute Gasteiger partial charge is 0.335 e. The monoisotopic (exact) mass is 471 g/mol. The molecule has 2 aromatic carbocycles. The first-order valence-electron chi connectivity index (χ1n) is 10.9. The number of carboxylic acids is 2. The lowest BCUT2D eigenvalue weighted by Crippen LogP contribution is -2.02. The van der Waals surface area contributed by atoms with Crippen LogP contribution in [0.5, 0.6) is 0 Å². The number of rotatable bonds is 4. The quantitative estimate of drug-likeness (QED) is 0.348. The predicted octanol–water partition coefficient (Wildman–Crippen LogP) is 5.16. The summed E-state index contributed by atoms with van der Waals surface area (Å²) in [5.74, 6) is 4.09. The Balaban J connectivity index is 1.56. The number of hydrogen-bond donors (Lipinski definition) is 2. The van der Waals surface area contributed by atoms with Crippen LogP contribution in [0.2, 0.25) is 0 Å². The van der Waals surface area contributed by atoms with E-state index in [2.05, 4.69) is 26.8 Å². The van der Waals surface area contributed by atoms with Crippen LogP contribution in [0.1, 0.15) is 31.8 Å². The highest BCUT2D eigenvalue weighted by Crippen LogP contribution is 2.24. The Morgan fingerprint density at radius 3 is 2.03 bits per heavy atom. The third-order valence-corrected chi connectivity index (χ3v) is 5.50. The van der Waals surface area contributed by atoms with Crippen molar-refractivity contribution in [2.24, 2.45) is 0 Å². The summed E-state index contributed by atoms with van der Waals surface area (Å²) in [5, 5.41) is 21.1. The van der Waals surface area contributed by atoms with Crippen molar-refractivity contribution in [2.75, 3.05) is 0 Å². The van der Waals surface area contributed by atoms with Gasteiger partial charge in [-0.2, -0.15) is 0 Å². The minimum absolute atomic E-state index is 0.0212. The molecule has 5 rings (SSSR count). The van der Waals surface area contributed by atoms with Crippen molar-refractivity contribution >= 4 is 22.7 Å². The Hall–Kier alpha value is -5.35. The van der Waals surface area contributed by atoms with Gasteiger partial charge >= 0.3 is 11.9 Å². The predicted molar refractivity (Wildman–Crippen MR) is 135 cm³/mol. The molecule has 0 aliphatic carbocycles. The SMILES string of the molecule is O=C(O)c1ccnc(-c2cc(C(=O)O)cc(-c3cc(C#Cc4cccc5ccccc45)ccn3)n2)c1. The van der Waals surface area contributed by atoms with Crippen molar-refractivity contribution in [1.82, 2.24) is 15.0 Å². The van der Waals surface area contributed by atoms with Crippen LogP contribution in [-0.2, 0) is 0 Å². The molecule has 0 fully saturated rings. The van der Waals surface area contributed by atoms with Crippen LogP contribution in [0.15, 0.2) is 91.3 Å². The molecule has 36 heavy (non-hydrogen) atoms. The average molecular weight is 471 g/mol. The second kappa shape index (κ2) is 9.49. The number of carboxylic acid groups (broad SMARTS) is 2. The van der Waals surface area contributed by atoms with Crippen molar-refractivity contribution < 1.29 is 19.8 Å². The molecule has 0 amide bonds. The van der Waals surface area contributed by atoms with Crippen LogP contribution in [0, 0.1) is 11.8 Å². The van der Waals surface area contributed by atoms with Gasteiger partial charge in [0.15, 0.2) is 0 Å². The fraction of sp³-hybridized carbons (Fsp3) is 0. The molecular weight excluding hydrogens is 454 g/mol. The highest BCUT2D eigenvalue weighted by molar-refractivity contribution is 5.92. The van der Waals surface area contributed by atoms with E-state index >= 15 is 0 Å². The van der Waals surface area contributed by atoms with E-state index in [1.165, 1.54) is 30.5 Å². The minimum atomic E-state index is -1.15. The molecule has 7 heteroatoms. The molecule has 0 saturated carbocycles. The summed E-state index contributed by atoms with van der Waals surface area (Å²) in [6.45, 7) is 0. The van der Waals surface area contributed by atoms with Gasteiger partial charge in [0.05, 0.1) is 33.9 Å². The second-order valence-electron chi connectivity index (χ2n) is 7.87. The zero-order valence-electron chi connectivity index (χ0n) is 18.7. The Kier molecular flexibility index (Phi) is 5.91. The van der Waals surface area contributed by atoms with Gasteiger partial charge in [-0.1, -0.05) is 48.2 Å². The zero-order valence-corrected chi connectivity index (χ0v) is 18.7. The minimum Gasteiger partial charge on any atom is -0.478 e. The number of carbonyl (C=O) groups is 2. The van der Waals surface area contributed by atoms with Gasteiger partial charge in [0.1, 0.15) is 0 Å². The van der Waals surface area contributed by atoms with Gasteiger partial charge in [0, 0.05) is 23.5 Å². The number of fused-ring (bicyclic) bond motifs is 1. The van der Waals surface area contributed by atoms with Gasteiger partial charge in [-0.05, 0) is 53.2 Å². The van der Waals surface area contributed by atoms with Crippen LogP contribution in [0.3, 0.4) is 0 Å². The molecule has 172 valence electrons. The topological polar surface area (TPSA) is 113 Å². The first-order valence-corrected chi connectivity index (χ1v) is 10.9. The van der Waals surface area contributed by atoms with Crippen molar-refractivity contribution in [3.8, 4) is 34.6 Å². The van der Waals surface area contributed by atoms with Crippen LogP contribution in [0.4, 0.5) is 0 Å². The maximum absolute atomic E-state index is 11.8. The van der Waals surface area contributed by atoms with Crippen molar-refractivity contribution in [3.63, 3.8) is 0 Å². The highest BCUT2D eigenvalue weighted by Gasteiger charge is 2.14. The second-order valence-corrected chi connectivity index (χ2v) is 7.87. The average Bonchev–Trinajstić information content (AvgIpc) is 2.92. The van der Waals surface area contributed by atoms with Crippen molar-refractivity contribution in [1.29, 1.82) is 0 Å². The Labute approximate surface area is 205 Å². The maximum Gasteiger partial charge on any atom is 0.335 e. The lowest BCUT2D eigenvalue weighted by atomic mass is 10.0. The molecule has 2 N–H and O–H groups in total. The molecule has 7 nitrogen and oxygen atoms in total. The molecule has 0 bridgehead atoms.